The Kier molecular flexibility index (Phi) is 5.72. The van der Waals surface area contributed by atoms with Gasteiger partial charge in [-0.15, -0.1) is 3.71 Å². The molecule has 0 N–H and O–H groups in total. The van der Waals surface area contributed by atoms with Gasteiger partial charge in [-0.05, 0) is 0 Å². The lowest BCUT2D eigenvalue weighted by molar-refractivity contribution is -0.0520. The summed E-state index contributed by atoms with van der Waals surface area (Å²) >= 11 is 5.09. The molecule has 0 radical (unpaired) electrons. The molecular weight excluding hydrogens is 390 g/mol. The lowest BCUT2D eigenvalue weighted by Gasteiger charge is -2.24. The van der Waals surface area contributed by atoms with Gasteiger partial charge in [0, 0.05) is 6.21 Å². The van der Waals surface area contributed by atoms with E-state index in [2.05, 4.69) is 18.2 Å². The number of halogens is 7. The Balaban J connectivity index is 6.42. The molecule has 15 heteroatoms. The van der Waals surface area contributed by atoms with Crippen LogP contribution in [0.25, 0.3) is 0 Å². The summed E-state index contributed by atoms with van der Waals surface area (Å²) in [6.07, 6.45) is 0.300. The van der Waals surface area contributed by atoms with Gasteiger partial charge >= 0.3 is 31.1 Å². The molecule has 22 heavy (non-hydrogen) atoms. The zero-order valence-electron chi connectivity index (χ0n) is 9.98. The highest BCUT2D eigenvalue weighted by Gasteiger charge is 2.62. The molecule has 0 aliphatic heterocycles. The maximum absolute atomic E-state index is 12.4. The summed E-state index contributed by atoms with van der Waals surface area (Å²) in [5.74, 6) is -1.91. The second-order valence-corrected chi connectivity index (χ2v) is 7.49. The smallest absolute Gasteiger partial charge is 0.236 e. The largest absolute Gasteiger partial charge is 0.517 e. The minimum absolute atomic E-state index is 0.300. The van der Waals surface area contributed by atoms with E-state index in [0.717, 1.165) is 0 Å². The van der Waals surface area contributed by atoms with Crippen LogP contribution in [0, 0.1) is 0 Å². The second kappa shape index (κ2) is 6.08. The monoisotopic (exact) mass is 394 g/mol. The molecule has 0 aliphatic rings. The molecule has 128 valence electrons. The molecule has 0 bridgehead atoms. The van der Waals surface area contributed by atoms with Gasteiger partial charge in [0.1, 0.15) is 0 Å². The van der Waals surface area contributed by atoms with E-state index in [1.54, 1.807) is 0 Å². The van der Waals surface area contributed by atoms with Crippen molar-refractivity contribution in [2.75, 3.05) is 0 Å². The summed E-state index contributed by atoms with van der Waals surface area (Å²) in [7, 11) is -14.0. The van der Waals surface area contributed by atoms with E-state index in [-0.39, 0.29) is 0 Å². The topological polar surface area (TPSA) is 83.9 Å². The first-order valence-electron chi connectivity index (χ1n) is 4.46. The normalized spacial score (nSPS) is 14.1. The molecule has 0 atom stereocenters. The predicted octanol–water partition coefficient (Wildman–Crippen LogP) is 2.28. The van der Waals surface area contributed by atoms with E-state index in [0.29, 0.717) is 6.21 Å². The quantitative estimate of drug-likeness (QED) is 0.529. The van der Waals surface area contributed by atoms with Crippen LogP contribution in [-0.4, -0.2) is 37.8 Å². The summed E-state index contributed by atoms with van der Waals surface area (Å²) in [6.45, 7) is 5.38. The predicted molar refractivity (Wildman–Crippen MR) is 64.4 cm³/mol. The summed E-state index contributed by atoms with van der Waals surface area (Å²) in [6, 6.07) is 0. The highest BCUT2D eigenvalue weighted by atomic mass is 35.5. The van der Waals surface area contributed by atoms with Crippen molar-refractivity contribution in [2.45, 2.75) is 11.0 Å². The average molecular weight is 395 g/mol. The molecule has 6 nitrogen and oxygen atoms in total. The van der Waals surface area contributed by atoms with Gasteiger partial charge in [0.2, 0.25) is 0 Å². The summed E-state index contributed by atoms with van der Waals surface area (Å²) in [5.41, 5.74) is -12.7. The molecule has 0 spiro atoms. The third kappa shape index (κ3) is 4.13. The number of sulfonamides is 2. The highest BCUT2D eigenvalue weighted by Crippen LogP contribution is 2.37. The van der Waals surface area contributed by atoms with Crippen LogP contribution in [0.3, 0.4) is 0 Å². The van der Waals surface area contributed by atoms with Crippen LogP contribution in [-0.2, 0) is 20.0 Å². The third-order valence-electron chi connectivity index (χ3n) is 1.59. The fraction of sp³-hybridized carbons (Fsp3) is 0.286. The van der Waals surface area contributed by atoms with Crippen molar-refractivity contribution in [3.8, 4) is 0 Å². The molecule has 0 aromatic carbocycles. The van der Waals surface area contributed by atoms with E-state index >= 15 is 0 Å². The zero-order valence-corrected chi connectivity index (χ0v) is 12.4. The van der Waals surface area contributed by atoms with Crippen LogP contribution < -0.4 is 0 Å². The van der Waals surface area contributed by atoms with Crippen molar-refractivity contribution in [1.29, 1.82) is 0 Å². The summed E-state index contributed by atoms with van der Waals surface area (Å²) in [4.78, 5) is 2.70. The van der Waals surface area contributed by atoms with Crippen LogP contribution in [0.1, 0.15) is 0 Å². The van der Waals surface area contributed by atoms with Crippen LogP contribution >= 0.6 is 11.6 Å². The Morgan fingerprint density at radius 1 is 0.955 bits per heavy atom. The van der Waals surface area contributed by atoms with Crippen LogP contribution in [0.2, 0.25) is 0 Å². The molecule has 0 saturated carbocycles. The Bertz CT molecular complexity index is 662. The van der Waals surface area contributed by atoms with Crippen molar-refractivity contribution in [3.05, 3.63) is 24.0 Å². The Morgan fingerprint density at radius 3 is 1.50 bits per heavy atom. The molecule has 0 aromatic rings. The van der Waals surface area contributed by atoms with Gasteiger partial charge in [0.05, 0.1) is 5.03 Å². The van der Waals surface area contributed by atoms with Gasteiger partial charge in [-0.3, -0.25) is 0 Å². The van der Waals surface area contributed by atoms with Gasteiger partial charge in [-0.25, -0.2) is 4.99 Å². The summed E-state index contributed by atoms with van der Waals surface area (Å²) < 4.78 is 116. The molecular formula is C7H5ClF6N2O4S2. The first kappa shape index (κ1) is 20.7. The van der Waals surface area contributed by atoms with Crippen molar-refractivity contribution < 1.29 is 43.2 Å². The van der Waals surface area contributed by atoms with Gasteiger partial charge in [-0.1, -0.05) is 24.8 Å². The van der Waals surface area contributed by atoms with Gasteiger partial charge in [0.15, 0.2) is 5.82 Å². The van der Waals surface area contributed by atoms with E-state index in [1.165, 1.54) is 0 Å². The lowest BCUT2D eigenvalue weighted by atomic mass is 10.7. The Morgan fingerprint density at radius 2 is 1.27 bits per heavy atom. The number of rotatable bonds is 5. The van der Waals surface area contributed by atoms with E-state index in [9.17, 15) is 43.2 Å². The Hall–Kier alpha value is -1.28. The number of alkyl halides is 6. The summed E-state index contributed by atoms with van der Waals surface area (Å²) in [5, 5.41) is -0.546. The lowest BCUT2D eigenvalue weighted by Crippen LogP contribution is -2.48. The maximum atomic E-state index is 12.4. The molecule has 0 aromatic heterocycles. The van der Waals surface area contributed by atoms with Crippen molar-refractivity contribution in [1.82, 2.24) is 3.71 Å². The zero-order chi connectivity index (χ0) is 18.1. The number of hydrogen-bond donors (Lipinski definition) is 0. The Labute approximate surface area is 125 Å². The van der Waals surface area contributed by atoms with Gasteiger partial charge in [0.25, 0.3) is 0 Å². The number of nitrogens with zero attached hydrogens (tertiary/aromatic N) is 2. The van der Waals surface area contributed by atoms with Crippen molar-refractivity contribution in [3.63, 3.8) is 0 Å². The molecule has 0 unspecified atom stereocenters. The molecule has 0 amide bonds. The van der Waals surface area contributed by atoms with Gasteiger partial charge < -0.3 is 0 Å². The van der Waals surface area contributed by atoms with Crippen LogP contribution in [0.5, 0.6) is 0 Å². The van der Waals surface area contributed by atoms with Crippen molar-refractivity contribution in [2.24, 2.45) is 4.99 Å². The van der Waals surface area contributed by atoms with E-state index in [1.807, 2.05) is 0 Å². The average Bonchev–Trinajstić information content (AvgIpc) is 2.22. The molecule has 0 saturated heterocycles. The second-order valence-electron chi connectivity index (χ2n) is 3.22. The molecule has 0 rings (SSSR count). The van der Waals surface area contributed by atoms with Crippen LogP contribution in [0.15, 0.2) is 29.0 Å². The molecule has 0 aliphatic carbocycles. The number of allylic oxidation sites excluding steroid dienone is 1. The van der Waals surface area contributed by atoms with E-state index in [4.69, 9.17) is 11.6 Å². The minimum Gasteiger partial charge on any atom is -0.236 e. The van der Waals surface area contributed by atoms with Crippen LogP contribution in [0.4, 0.5) is 26.3 Å². The molecule has 0 fully saturated rings. The van der Waals surface area contributed by atoms with Gasteiger partial charge in [-0.2, -0.15) is 43.2 Å². The van der Waals surface area contributed by atoms with E-state index < -0.39 is 45.6 Å². The fourth-order valence-corrected chi connectivity index (χ4v) is 3.40. The SMILES string of the molecule is C=C(Cl)/C=N\C(=C)N(S(=O)(=O)C(F)(F)F)S(=O)(=O)C(F)(F)F. The first-order chi connectivity index (χ1) is 9.46. The fourth-order valence-electron chi connectivity index (χ4n) is 0.786. The standard InChI is InChI=1S/C7H5ClF6N2O4S2/c1-4(8)3-15-5(2)16(21(17,18)6(9,10)11)22(19,20)7(12,13)14/h3H,1-2H2/b15-3-. The minimum atomic E-state index is -6.99. The number of aliphatic imine (C=N–C) groups is 1. The molecule has 0 heterocycles. The van der Waals surface area contributed by atoms with Crippen molar-refractivity contribution >= 4 is 37.9 Å². The first-order valence-corrected chi connectivity index (χ1v) is 7.72. The third-order valence-corrected chi connectivity index (χ3v) is 5.33. The highest BCUT2D eigenvalue weighted by molar-refractivity contribution is 8.05. The maximum Gasteiger partial charge on any atom is 0.517 e. The number of hydrogen-bond acceptors (Lipinski definition) is 5.